The SMILES string of the molecule is CC(=NNC(=O)c1ccc(O)cc1)c1ccccn1. The molecule has 0 atom stereocenters. The molecule has 5 heteroatoms. The van der Waals surface area contributed by atoms with Crippen LogP contribution in [0.1, 0.15) is 23.0 Å². The Kier molecular flexibility index (Phi) is 3.87. The maximum absolute atomic E-state index is 11.8. The summed E-state index contributed by atoms with van der Waals surface area (Å²) in [4.78, 5) is 15.9. The molecule has 1 aromatic heterocycles. The van der Waals surface area contributed by atoms with Crippen molar-refractivity contribution in [2.24, 2.45) is 5.10 Å². The van der Waals surface area contributed by atoms with Crippen LogP contribution in [-0.2, 0) is 0 Å². The van der Waals surface area contributed by atoms with Crippen LogP contribution < -0.4 is 5.43 Å². The molecule has 0 aliphatic rings. The minimum atomic E-state index is -0.338. The Hall–Kier alpha value is -2.69. The van der Waals surface area contributed by atoms with Gasteiger partial charge in [0, 0.05) is 11.8 Å². The summed E-state index contributed by atoms with van der Waals surface area (Å²) in [5.74, 6) is -0.222. The van der Waals surface area contributed by atoms with E-state index in [0.717, 1.165) is 0 Å². The van der Waals surface area contributed by atoms with Gasteiger partial charge in [-0.1, -0.05) is 6.07 Å². The van der Waals surface area contributed by atoms with Crippen molar-refractivity contribution in [1.82, 2.24) is 10.4 Å². The molecule has 0 spiro atoms. The van der Waals surface area contributed by atoms with E-state index in [1.807, 2.05) is 18.2 Å². The van der Waals surface area contributed by atoms with Gasteiger partial charge in [-0.25, -0.2) is 5.43 Å². The van der Waals surface area contributed by atoms with Crippen LogP contribution in [0.25, 0.3) is 0 Å². The molecule has 0 fully saturated rings. The first kappa shape index (κ1) is 12.8. The van der Waals surface area contributed by atoms with Crippen LogP contribution in [0.3, 0.4) is 0 Å². The molecule has 0 unspecified atom stereocenters. The average Bonchev–Trinajstić information content (AvgIpc) is 2.46. The summed E-state index contributed by atoms with van der Waals surface area (Å²) in [6.45, 7) is 1.76. The lowest BCUT2D eigenvalue weighted by molar-refractivity contribution is 0.0955. The molecule has 96 valence electrons. The number of phenolic OH excluding ortho intramolecular Hbond substituents is 1. The summed E-state index contributed by atoms with van der Waals surface area (Å²) in [6.07, 6.45) is 1.66. The molecule has 1 amide bonds. The van der Waals surface area contributed by atoms with E-state index in [0.29, 0.717) is 17.0 Å². The number of carbonyl (C=O) groups is 1. The zero-order valence-electron chi connectivity index (χ0n) is 10.4. The summed E-state index contributed by atoms with van der Waals surface area (Å²) in [7, 11) is 0. The summed E-state index contributed by atoms with van der Waals surface area (Å²) < 4.78 is 0. The van der Waals surface area contributed by atoms with Crippen LogP contribution >= 0.6 is 0 Å². The third kappa shape index (κ3) is 3.38. The van der Waals surface area contributed by atoms with Crippen LogP contribution in [0.15, 0.2) is 53.8 Å². The number of nitrogens with one attached hydrogen (secondary N) is 1. The fourth-order valence-corrected chi connectivity index (χ4v) is 1.45. The van der Waals surface area contributed by atoms with Gasteiger partial charge in [-0.05, 0) is 43.3 Å². The first-order chi connectivity index (χ1) is 9.16. The third-order valence-electron chi connectivity index (χ3n) is 2.49. The van der Waals surface area contributed by atoms with E-state index >= 15 is 0 Å². The highest BCUT2D eigenvalue weighted by molar-refractivity contribution is 5.99. The number of nitrogens with zero attached hydrogens (tertiary/aromatic N) is 2. The molecule has 19 heavy (non-hydrogen) atoms. The molecular formula is C14H13N3O2. The average molecular weight is 255 g/mol. The molecule has 1 aromatic carbocycles. The van der Waals surface area contributed by atoms with Crippen LogP contribution in [0.5, 0.6) is 5.75 Å². The van der Waals surface area contributed by atoms with Crippen molar-refractivity contribution in [3.05, 3.63) is 59.9 Å². The van der Waals surface area contributed by atoms with Crippen LogP contribution in [0.4, 0.5) is 0 Å². The Morgan fingerprint density at radius 3 is 2.58 bits per heavy atom. The van der Waals surface area contributed by atoms with Gasteiger partial charge in [0.05, 0.1) is 11.4 Å². The largest absolute Gasteiger partial charge is 0.508 e. The number of hydrogen-bond donors (Lipinski definition) is 2. The second-order valence-electron chi connectivity index (χ2n) is 3.90. The maximum Gasteiger partial charge on any atom is 0.271 e. The van der Waals surface area contributed by atoms with Gasteiger partial charge in [0.2, 0.25) is 0 Å². The van der Waals surface area contributed by atoms with Crippen molar-refractivity contribution in [1.29, 1.82) is 0 Å². The predicted molar refractivity (Wildman–Crippen MR) is 72.0 cm³/mol. The molecule has 2 aromatic rings. The molecule has 2 N–H and O–H groups in total. The lowest BCUT2D eigenvalue weighted by atomic mass is 10.2. The lowest BCUT2D eigenvalue weighted by Crippen LogP contribution is -2.19. The summed E-state index contributed by atoms with van der Waals surface area (Å²) >= 11 is 0. The molecule has 0 radical (unpaired) electrons. The maximum atomic E-state index is 11.8. The molecule has 0 aliphatic carbocycles. The van der Waals surface area contributed by atoms with Gasteiger partial charge in [-0.2, -0.15) is 5.10 Å². The number of hydrazone groups is 1. The van der Waals surface area contributed by atoms with Gasteiger partial charge < -0.3 is 5.11 Å². The highest BCUT2D eigenvalue weighted by Gasteiger charge is 2.04. The van der Waals surface area contributed by atoms with Gasteiger partial charge in [0.1, 0.15) is 5.75 Å². The standard InChI is InChI=1S/C14H13N3O2/c1-10(13-4-2-3-9-15-13)16-17-14(19)11-5-7-12(18)8-6-11/h2-9,18H,1H3,(H,17,19). The summed E-state index contributed by atoms with van der Waals surface area (Å²) in [6, 6.07) is 11.4. The number of hydrogen-bond acceptors (Lipinski definition) is 4. The van der Waals surface area contributed by atoms with Crippen LogP contribution in [0, 0.1) is 0 Å². The monoisotopic (exact) mass is 255 g/mol. The van der Waals surface area contributed by atoms with Crippen molar-refractivity contribution in [2.45, 2.75) is 6.92 Å². The Morgan fingerprint density at radius 2 is 1.95 bits per heavy atom. The highest BCUT2D eigenvalue weighted by atomic mass is 16.3. The molecule has 0 saturated heterocycles. The lowest BCUT2D eigenvalue weighted by Gasteiger charge is -2.02. The van der Waals surface area contributed by atoms with E-state index in [1.54, 1.807) is 13.1 Å². The molecular weight excluding hydrogens is 242 g/mol. The third-order valence-corrected chi connectivity index (χ3v) is 2.49. The second-order valence-corrected chi connectivity index (χ2v) is 3.90. The van der Waals surface area contributed by atoms with Gasteiger partial charge in [0.25, 0.3) is 5.91 Å². The van der Waals surface area contributed by atoms with E-state index in [-0.39, 0.29) is 11.7 Å². The quantitative estimate of drug-likeness (QED) is 0.650. The molecule has 0 saturated carbocycles. The van der Waals surface area contributed by atoms with E-state index < -0.39 is 0 Å². The molecule has 5 nitrogen and oxygen atoms in total. The predicted octanol–water partition coefficient (Wildman–Crippen LogP) is 1.94. The molecule has 0 bridgehead atoms. The number of carbonyl (C=O) groups excluding carboxylic acids is 1. The number of amides is 1. The second kappa shape index (κ2) is 5.77. The number of aromatic nitrogens is 1. The smallest absolute Gasteiger partial charge is 0.271 e. The van der Waals surface area contributed by atoms with E-state index in [9.17, 15) is 4.79 Å². The van der Waals surface area contributed by atoms with Crippen molar-refractivity contribution >= 4 is 11.6 Å². The summed E-state index contributed by atoms with van der Waals surface area (Å²) in [5, 5.41) is 13.1. The van der Waals surface area contributed by atoms with E-state index in [2.05, 4.69) is 15.5 Å². The number of aromatic hydroxyl groups is 1. The number of phenols is 1. The van der Waals surface area contributed by atoms with Gasteiger partial charge in [-0.15, -0.1) is 0 Å². The Bertz CT molecular complexity index is 592. The van der Waals surface area contributed by atoms with Crippen molar-refractivity contribution in [2.75, 3.05) is 0 Å². The van der Waals surface area contributed by atoms with Crippen molar-refractivity contribution in [3.63, 3.8) is 0 Å². The molecule has 1 heterocycles. The fourth-order valence-electron chi connectivity index (χ4n) is 1.45. The normalized spacial score (nSPS) is 11.1. The first-order valence-electron chi connectivity index (χ1n) is 5.72. The minimum Gasteiger partial charge on any atom is -0.508 e. The zero-order chi connectivity index (χ0) is 13.7. The van der Waals surface area contributed by atoms with Crippen molar-refractivity contribution < 1.29 is 9.90 Å². The fraction of sp³-hybridized carbons (Fsp3) is 0.0714. The Labute approximate surface area is 110 Å². The Balaban J connectivity index is 2.06. The number of rotatable bonds is 3. The van der Waals surface area contributed by atoms with Gasteiger partial charge >= 0.3 is 0 Å². The van der Waals surface area contributed by atoms with Gasteiger partial charge in [0.15, 0.2) is 0 Å². The molecule has 2 rings (SSSR count). The van der Waals surface area contributed by atoms with E-state index in [1.165, 1.54) is 24.3 Å². The number of benzene rings is 1. The topological polar surface area (TPSA) is 74.6 Å². The first-order valence-corrected chi connectivity index (χ1v) is 5.72. The zero-order valence-corrected chi connectivity index (χ0v) is 10.4. The highest BCUT2D eigenvalue weighted by Crippen LogP contribution is 2.09. The van der Waals surface area contributed by atoms with Crippen LogP contribution in [-0.4, -0.2) is 21.7 Å². The number of pyridine rings is 1. The minimum absolute atomic E-state index is 0.115. The van der Waals surface area contributed by atoms with Crippen molar-refractivity contribution in [3.8, 4) is 5.75 Å². The van der Waals surface area contributed by atoms with Gasteiger partial charge in [-0.3, -0.25) is 9.78 Å². The van der Waals surface area contributed by atoms with E-state index in [4.69, 9.17) is 5.11 Å². The van der Waals surface area contributed by atoms with Crippen LogP contribution in [0.2, 0.25) is 0 Å². The Morgan fingerprint density at radius 1 is 1.21 bits per heavy atom. The summed E-state index contributed by atoms with van der Waals surface area (Å²) in [5.41, 5.74) is 4.19. The molecule has 0 aliphatic heterocycles.